The summed E-state index contributed by atoms with van der Waals surface area (Å²) < 4.78 is 0. The minimum atomic E-state index is -0.618. The predicted molar refractivity (Wildman–Crippen MR) is 84.5 cm³/mol. The van der Waals surface area contributed by atoms with Crippen molar-refractivity contribution in [3.63, 3.8) is 0 Å². The highest BCUT2D eigenvalue weighted by Crippen LogP contribution is 2.24. The van der Waals surface area contributed by atoms with Crippen LogP contribution in [0, 0.1) is 5.92 Å². The SMILES string of the molecule is CCC1CCCN(C(C)CC(C)(NC(C)C)C(N)=O)C1. The van der Waals surface area contributed by atoms with Gasteiger partial charge in [-0.1, -0.05) is 13.3 Å². The zero-order chi connectivity index (χ0) is 15.3. The summed E-state index contributed by atoms with van der Waals surface area (Å²) in [6.07, 6.45) is 4.64. The lowest BCUT2D eigenvalue weighted by Crippen LogP contribution is -2.58. The highest BCUT2D eigenvalue weighted by Gasteiger charge is 2.35. The van der Waals surface area contributed by atoms with Crippen LogP contribution in [0.3, 0.4) is 0 Å². The number of hydrogen-bond donors (Lipinski definition) is 2. The molecule has 4 nitrogen and oxygen atoms in total. The number of carbonyl (C=O) groups excluding carboxylic acids is 1. The number of hydrogen-bond acceptors (Lipinski definition) is 3. The summed E-state index contributed by atoms with van der Waals surface area (Å²) >= 11 is 0. The molecule has 1 aliphatic heterocycles. The minimum absolute atomic E-state index is 0.248. The second-order valence-corrected chi connectivity index (χ2v) is 6.96. The lowest BCUT2D eigenvalue weighted by atomic mass is 9.88. The maximum Gasteiger partial charge on any atom is 0.237 e. The number of nitrogens with one attached hydrogen (secondary N) is 1. The van der Waals surface area contributed by atoms with E-state index in [1.54, 1.807) is 0 Å². The molecule has 0 aliphatic carbocycles. The molecule has 0 radical (unpaired) electrons. The van der Waals surface area contributed by atoms with Gasteiger partial charge >= 0.3 is 0 Å². The second-order valence-electron chi connectivity index (χ2n) is 6.96. The van der Waals surface area contributed by atoms with Gasteiger partial charge in [0.15, 0.2) is 0 Å². The van der Waals surface area contributed by atoms with E-state index in [2.05, 4.69) is 37.9 Å². The predicted octanol–water partition coefficient (Wildman–Crippen LogP) is 2.13. The number of nitrogens with two attached hydrogens (primary N) is 1. The van der Waals surface area contributed by atoms with E-state index >= 15 is 0 Å². The second kappa shape index (κ2) is 7.41. The Labute approximate surface area is 124 Å². The molecule has 3 atom stereocenters. The molecule has 3 N–H and O–H groups in total. The molecule has 0 aromatic heterocycles. The Bertz CT molecular complexity index is 319. The quantitative estimate of drug-likeness (QED) is 0.752. The van der Waals surface area contributed by atoms with Crippen LogP contribution in [0.1, 0.15) is 60.3 Å². The zero-order valence-electron chi connectivity index (χ0n) is 13.9. The first-order valence-electron chi connectivity index (χ1n) is 8.10. The van der Waals surface area contributed by atoms with Crippen LogP contribution >= 0.6 is 0 Å². The van der Waals surface area contributed by atoms with Crippen LogP contribution in [-0.4, -0.2) is 41.5 Å². The summed E-state index contributed by atoms with van der Waals surface area (Å²) in [5.74, 6) is 0.561. The molecule has 1 fully saturated rings. The van der Waals surface area contributed by atoms with Crippen LogP contribution in [0.2, 0.25) is 0 Å². The van der Waals surface area contributed by atoms with Crippen LogP contribution in [0.5, 0.6) is 0 Å². The van der Waals surface area contributed by atoms with Gasteiger partial charge in [0.05, 0.1) is 5.54 Å². The number of likely N-dealkylation sites (tertiary alicyclic amines) is 1. The van der Waals surface area contributed by atoms with Gasteiger partial charge in [-0.25, -0.2) is 0 Å². The average molecular weight is 283 g/mol. The molecule has 1 amide bonds. The number of primary amides is 1. The fourth-order valence-corrected chi connectivity index (χ4v) is 3.42. The van der Waals surface area contributed by atoms with Gasteiger partial charge in [-0.2, -0.15) is 0 Å². The molecule has 0 saturated carbocycles. The molecule has 0 aromatic carbocycles. The van der Waals surface area contributed by atoms with Crippen LogP contribution in [-0.2, 0) is 4.79 Å². The van der Waals surface area contributed by atoms with Crippen LogP contribution < -0.4 is 11.1 Å². The third-order valence-corrected chi connectivity index (χ3v) is 4.61. The maximum absolute atomic E-state index is 11.8. The van der Waals surface area contributed by atoms with Gasteiger partial charge in [0.2, 0.25) is 5.91 Å². The summed E-state index contributed by atoms with van der Waals surface area (Å²) in [6, 6.07) is 0.637. The van der Waals surface area contributed by atoms with E-state index in [1.165, 1.54) is 19.3 Å². The molecule has 20 heavy (non-hydrogen) atoms. The molecule has 4 heteroatoms. The number of amides is 1. The van der Waals surface area contributed by atoms with E-state index in [4.69, 9.17) is 5.73 Å². The van der Waals surface area contributed by atoms with E-state index in [0.717, 1.165) is 25.4 Å². The summed E-state index contributed by atoms with van der Waals surface area (Å²) in [7, 11) is 0. The van der Waals surface area contributed by atoms with Gasteiger partial charge < -0.3 is 16.0 Å². The van der Waals surface area contributed by atoms with Crippen molar-refractivity contribution in [2.45, 2.75) is 77.9 Å². The number of rotatable bonds is 7. The fraction of sp³-hybridized carbons (Fsp3) is 0.938. The molecule has 0 spiro atoms. The van der Waals surface area contributed by atoms with Crippen molar-refractivity contribution < 1.29 is 4.79 Å². The lowest BCUT2D eigenvalue weighted by molar-refractivity contribution is -0.125. The molecular formula is C16H33N3O. The minimum Gasteiger partial charge on any atom is -0.368 e. The van der Waals surface area contributed by atoms with Crippen molar-refractivity contribution >= 4 is 5.91 Å². The molecule has 0 aromatic rings. The maximum atomic E-state index is 11.8. The first-order valence-corrected chi connectivity index (χ1v) is 8.10. The smallest absolute Gasteiger partial charge is 0.237 e. The first-order chi connectivity index (χ1) is 9.28. The Morgan fingerprint density at radius 3 is 2.60 bits per heavy atom. The molecule has 1 rings (SSSR count). The largest absolute Gasteiger partial charge is 0.368 e. The first kappa shape index (κ1) is 17.4. The van der Waals surface area contributed by atoms with E-state index < -0.39 is 5.54 Å². The molecule has 1 heterocycles. The summed E-state index contributed by atoms with van der Waals surface area (Å²) in [4.78, 5) is 14.4. The van der Waals surface area contributed by atoms with Crippen molar-refractivity contribution in [2.75, 3.05) is 13.1 Å². The van der Waals surface area contributed by atoms with Gasteiger partial charge in [-0.15, -0.1) is 0 Å². The highest BCUT2D eigenvalue weighted by atomic mass is 16.1. The average Bonchev–Trinajstić information content (AvgIpc) is 2.37. The summed E-state index contributed by atoms with van der Waals surface area (Å²) in [5, 5.41) is 3.35. The third kappa shape index (κ3) is 4.74. The van der Waals surface area contributed by atoms with Crippen LogP contribution in [0.4, 0.5) is 0 Å². The van der Waals surface area contributed by atoms with Crippen molar-refractivity contribution in [1.82, 2.24) is 10.2 Å². The topological polar surface area (TPSA) is 58.4 Å². The summed E-state index contributed by atoms with van der Waals surface area (Å²) in [5.41, 5.74) is 5.01. The molecule has 1 aliphatic rings. The molecule has 118 valence electrons. The van der Waals surface area contributed by atoms with Gasteiger partial charge in [-0.05, 0) is 59.4 Å². The van der Waals surface area contributed by atoms with Crippen LogP contribution in [0.25, 0.3) is 0 Å². The highest BCUT2D eigenvalue weighted by molar-refractivity contribution is 5.84. The lowest BCUT2D eigenvalue weighted by Gasteiger charge is -2.40. The molecular weight excluding hydrogens is 250 g/mol. The Balaban J connectivity index is 2.65. The van der Waals surface area contributed by atoms with E-state index in [-0.39, 0.29) is 11.9 Å². The molecule has 3 unspecified atom stereocenters. The fourth-order valence-electron chi connectivity index (χ4n) is 3.42. The van der Waals surface area contributed by atoms with Crippen molar-refractivity contribution in [1.29, 1.82) is 0 Å². The van der Waals surface area contributed by atoms with Gasteiger partial charge in [0.25, 0.3) is 0 Å². The van der Waals surface area contributed by atoms with E-state index in [9.17, 15) is 4.79 Å². The number of carbonyl (C=O) groups is 1. The number of nitrogens with zero attached hydrogens (tertiary/aromatic N) is 1. The Morgan fingerprint density at radius 2 is 2.10 bits per heavy atom. The van der Waals surface area contributed by atoms with E-state index in [1.807, 2.05) is 6.92 Å². The van der Waals surface area contributed by atoms with E-state index in [0.29, 0.717) is 6.04 Å². The molecule has 0 bridgehead atoms. The van der Waals surface area contributed by atoms with Gasteiger partial charge in [-0.3, -0.25) is 4.79 Å². The van der Waals surface area contributed by atoms with Crippen molar-refractivity contribution in [3.05, 3.63) is 0 Å². The summed E-state index contributed by atoms with van der Waals surface area (Å²) in [6.45, 7) is 12.9. The van der Waals surface area contributed by atoms with Crippen molar-refractivity contribution in [2.24, 2.45) is 11.7 Å². The van der Waals surface area contributed by atoms with Crippen LogP contribution in [0.15, 0.2) is 0 Å². The Morgan fingerprint density at radius 1 is 1.45 bits per heavy atom. The van der Waals surface area contributed by atoms with Gasteiger partial charge in [0, 0.05) is 18.6 Å². The van der Waals surface area contributed by atoms with Crippen molar-refractivity contribution in [3.8, 4) is 0 Å². The number of piperidine rings is 1. The van der Waals surface area contributed by atoms with Gasteiger partial charge in [0.1, 0.15) is 0 Å². The third-order valence-electron chi connectivity index (χ3n) is 4.61. The Kier molecular flexibility index (Phi) is 6.46. The normalized spacial score (nSPS) is 25.4. The Hall–Kier alpha value is -0.610. The molecule has 1 saturated heterocycles. The monoisotopic (exact) mass is 283 g/mol. The zero-order valence-corrected chi connectivity index (χ0v) is 13.9. The standard InChI is InChI=1S/C16H33N3O/c1-6-14-8-7-9-19(11-14)13(4)10-16(5,15(17)20)18-12(2)3/h12-14,18H,6-11H2,1-5H3,(H2,17,20).